The van der Waals surface area contributed by atoms with Crippen LogP contribution in [0.2, 0.25) is 5.02 Å². The van der Waals surface area contributed by atoms with Crippen molar-refractivity contribution in [2.45, 2.75) is 6.92 Å². The van der Waals surface area contributed by atoms with Crippen LogP contribution in [-0.2, 0) is 7.05 Å². The molecule has 0 aromatic carbocycles. The lowest BCUT2D eigenvalue weighted by Gasteiger charge is -2.06. The second-order valence-corrected chi connectivity index (χ2v) is 4.22. The quantitative estimate of drug-likeness (QED) is 0.864. The first kappa shape index (κ1) is 12.4. The number of hydrogen-bond acceptors (Lipinski definition) is 4. The van der Waals surface area contributed by atoms with Crippen LogP contribution < -0.4 is 11.1 Å². The van der Waals surface area contributed by atoms with Crippen LogP contribution in [0.25, 0.3) is 0 Å². The third kappa shape index (κ3) is 2.43. The molecule has 0 aliphatic rings. The minimum absolute atomic E-state index is 0.0931. The molecule has 0 bridgehead atoms. The Balaban J connectivity index is 2.27. The van der Waals surface area contributed by atoms with E-state index in [0.717, 1.165) is 5.69 Å². The number of nitrogens with zero attached hydrogens (tertiary/aromatic N) is 3. The van der Waals surface area contributed by atoms with Crippen molar-refractivity contribution in [3.8, 4) is 0 Å². The number of nitrogens with one attached hydrogen (secondary N) is 1. The molecule has 0 aliphatic heterocycles. The van der Waals surface area contributed by atoms with Crippen LogP contribution in [0.15, 0.2) is 18.2 Å². The molecule has 0 spiro atoms. The second kappa shape index (κ2) is 4.66. The number of amides is 1. The number of nitrogen functional groups attached to an aromatic ring is 1. The van der Waals surface area contributed by atoms with Gasteiger partial charge in [-0.2, -0.15) is 5.10 Å². The van der Waals surface area contributed by atoms with Gasteiger partial charge in [-0.15, -0.1) is 0 Å². The Bertz CT molecular complexity index is 607. The molecule has 0 fully saturated rings. The van der Waals surface area contributed by atoms with E-state index < -0.39 is 5.91 Å². The monoisotopic (exact) mass is 265 g/mol. The smallest absolute Gasteiger partial charge is 0.277 e. The van der Waals surface area contributed by atoms with E-state index in [1.54, 1.807) is 17.8 Å². The Kier molecular flexibility index (Phi) is 3.20. The minimum atomic E-state index is -0.421. The number of hydrogen-bond donors (Lipinski definition) is 2. The summed E-state index contributed by atoms with van der Waals surface area (Å²) in [5, 5.41) is 7.05. The van der Waals surface area contributed by atoms with E-state index in [1.807, 2.05) is 6.92 Å². The van der Waals surface area contributed by atoms with Gasteiger partial charge in [0.15, 0.2) is 0 Å². The van der Waals surface area contributed by atoms with Gasteiger partial charge in [0.2, 0.25) is 0 Å². The van der Waals surface area contributed by atoms with Gasteiger partial charge in [-0.05, 0) is 19.1 Å². The highest BCUT2D eigenvalue weighted by molar-refractivity contribution is 6.34. The number of anilines is 2. The number of aryl methyl sites for hydroxylation is 2. The van der Waals surface area contributed by atoms with Crippen molar-refractivity contribution < 1.29 is 4.79 Å². The van der Waals surface area contributed by atoms with E-state index >= 15 is 0 Å². The summed E-state index contributed by atoms with van der Waals surface area (Å²) in [4.78, 5) is 15.9. The average molecular weight is 266 g/mol. The van der Waals surface area contributed by atoms with E-state index in [0.29, 0.717) is 5.82 Å². The molecule has 0 radical (unpaired) electrons. The maximum atomic E-state index is 12.0. The first-order valence-corrected chi connectivity index (χ1v) is 5.59. The van der Waals surface area contributed by atoms with E-state index in [9.17, 15) is 4.79 Å². The molecule has 2 heterocycles. The van der Waals surface area contributed by atoms with E-state index in [-0.39, 0.29) is 16.5 Å². The maximum Gasteiger partial charge on any atom is 0.277 e. The van der Waals surface area contributed by atoms with Crippen molar-refractivity contribution >= 4 is 29.1 Å². The van der Waals surface area contributed by atoms with Gasteiger partial charge in [-0.1, -0.05) is 11.6 Å². The molecule has 0 aliphatic carbocycles. The van der Waals surface area contributed by atoms with Crippen molar-refractivity contribution in [1.82, 2.24) is 14.8 Å². The standard InChI is InChI=1S/C11H12ClN5O/c1-6-5-9(17(2)16-6)15-11(18)10-7(12)3-4-8(13)14-10/h3-5H,1-2H3,(H2,13,14)(H,15,18). The van der Waals surface area contributed by atoms with Crippen LogP contribution in [0.3, 0.4) is 0 Å². The Morgan fingerprint density at radius 3 is 2.83 bits per heavy atom. The van der Waals surface area contributed by atoms with E-state index in [1.165, 1.54) is 12.1 Å². The molecule has 2 rings (SSSR count). The fraction of sp³-hybridized carbons (Fsp3) is 0.182. The Hall–Kier alpha value is -2.08. The number of carbonyl (C=O) groups excluding carboxylic acids is 1. The third-order valence-electron chi connectivity index (χ3n) is 2.33. The normalized spacial score (nSPS) is 10.4. The summed E-state index contributed by atoms with van der Waals surface area (Å²) >= 11 is 5.90. The fourth-order valence-electron chi connectivity index (χ4n) is 1.52. The highest BCUT2D eigenvalue weighted by Gasteiger charge is 2.14. The van der Waals surface area contributed by atoms with Gasteiger partial charge >= 0.3 is 0 Å². The molecule has 2 aromatic heterocycles. The molecule has 1 amide bonds. The molecule has 0 unspecified atom stereocenters. The zero-order valence-corrected chi connectivity index (χ0v) is 10.7. The largest absolute Gasteiger partial charge is 0.384 e. The molecule has 2 aromatic rings. The first-order chi connectivity index (χ1) is 8.47. The van der Waals surface area contributed by atoms with Gasteiger partial charge in [-0.3, -0.25) is 9.48 Å². The molecule has 6 nitrogen and oxygen atoms in total. The number of nitrogens with two attached hydrogens (primary N) is 1. The van der Waals surface area contributed by atoms with Gasteiger partial charge in [0.1, 0.15) is 17.3 Å². The lowest BCUT2D eigenvalue weighted by Crippen LogP contribution is -2.17. The van der Waals surface area contributed by atoms with Gasteiger partial charge in [0.25, 0.3) is 5.91 Å². The molecule has 0 atom stereocenters. The highest BCUT2D eigenvalue weighted by atomic mass is 35.5. The summed E-state index contributed by atoms with van der Waals surface area (Å²) in [5.74, 6) is 0.388. The highest BCUT2D eigenvalue weighted by Crippen LogP contribution is 2.17. The van der Waals surface area contributed by atoms with Crippen molar-refractivity contribution in [1.29, 1.82) is 0 Å². The first-order valence-electron chi connectivity index (χ1n) is 5.21. The van der Waals surface area contributed by atoms with Gasteiger partial charge in [-0.25, -0.2) is 4.98 Å². The lowest BCUT2D eigenvalue weighted by molar-refractivity contribution is 0.102. The zero-order valence-electron chi connectivity index (χ0n) is 9.94. The summed E-state index contributed by atoms with van der Waals surface area (Å²) in [6, 6.07) is 4.82. The topological polar surface area (TPSA) is 85.8 Å². The maximum absolute atomic E-state index is 12.0. The molecule has 7 heteroatoms. The Labute approximate surface area is 109 Å². The summed E-state index contributed by atoms with van der Waals surface area (Å²) in [6.07, 6.45) is 0. The molecule has 0 saturated heterocycles. The summed E-state index contributed by atoms with van der Waals surface area (Å²) in [5.41, 5.74) is 6.42. The van der Waals surface area contributed by atoms with Crippen LogP contribution in [0.4, 0.5) is 11.6 Å². The number of pyridine rings is 1. The summed E-state index contributed by atoms with van der Waals surface area (Å²) in [6.45, 7) is 1.83. The molecular formula is C11H12ClN5O. The van der Waals surface area contributed by atoms with E-state index in [4.69, 9.17) is 17.3 Å². The Morgan fingerprint density at radius 2 is 2.22 bits per heavy atom. The number of carbonyl (C=O) groups is 1. The van der Waals surface area contributed by atoms with Crippen molar-refractivity contribution in [3.63, 3.8) is 0 Å². The van der Waals surface area contributed by atoms with Crippen molar-refractivity contribution in [2.24, 2.45) is 7.05 Å². The second-order valence-electron chi connectivity index (χ2n) is 3.82. The van der Waals surface area contributed by atoms with Gasteiger partial charge in [0.05, 0.1) is 10.7 Å². The van der Waals surface area contributed by atoms with Crippen molar-refractivity contribution in [2.75, 3.05) is 11.1 Å². The predicted octanol–water partition coefficient (Wildman–Crippen LogP) is 1.61. The van der Waals surface area contributed by atoms with Crippen LogP contribution >= 0.6 is 11.6 Å². The molecule has 3 N–H and O–H groups in total. The van der Waals surface area contributed by atoms with E-state index in [2.05, 4.69) is 15.4 Å². The van der Waals surface area contributed by atoms with Crippen molar-refractivity contribution in [3.05, 3.63) is 34.6 Å². The van der Waals surface area contributed by atoms with Crippen LogP contribution in [-0.4, -0.2) is 20.7 Å². The molecular weight excluding hydrogens is 254 g/mol. The lowest BCUT2D eigenvalue weighted by atomic mass is 10.3. The van der Waals surface area contributed by atoms with Crippen LogP contribution in [0, 0.1) is 6.92 Å². The zero-order chi connectivity index (χ0) is 13.3. The summed E-state index contributed by atoms with van der Waals surface area (Å²) < 4.78 is 1.56. The average Bonchev–Trinajstić information content (AvgIpc) is 2.61. The minimum Gasteiger partial charge on any atom is -0.384 e. The fourth-order valence-corrected chi connectivity index (χ4v) is 1.71. The Morgan fingerprint density at radius 1 is 1.50 bits per heavy atom. The SMILES string of the molecule is Cc1cc(NC(=O)c2nc(N)ccc2Cl)n(C)n1. The predicted molar refractivity (Wildman–Crippen MR) is 69.6 cm³/mol. The van der Waals surface area contributed by atoms with Crippen LogP contribution in [0.1, 0.15) is 16.2 Å². The molecule has 94 valence electrons. The van der Waals surface area contributed by atoms with Gasteiger partial charge in [0, 0.05) is 13.1 Å². The molecule has 18 heavy (non-hydrogen) atoms. The van der Waals surface area contributed by atoms with Gasteiger partial charge < -0.3 is 11.1 Å². The molecule has 0 saturated carbocycles. The number of halogens is 1. The summed E-state index contributed by atoms with van der Waals surface area (Å²) in [7, 11) is 1.73. The number of rotatable bonds is 2. The van der Waals surface area contributed by atoms with Crippen LogP contribution in [0.5, 0.6) is 0 Å². The number of aromatic nitrogens is 3. The third-order valence-corrected chi connectivity index (χ3v) is 2.63.